The van der Waals surface area contributed by atoms with Gasteiger partial charge >= 0.3 is 0 Å². The van der Waals surface area contributed by atoms with Gasteiger partial charge < -0.3 is 4.74 Å². The third-order valence-electron chi connectivity index (χ3n) is 5.18. The highest BCUT2D eigenvalue weighted by molar-refractivity contribution is 6.91. The van der Waals surface area contributed by atoms with Crippen LogP contribution in [0.2, 0.25) is 18.1 Å². The van der Waals surface area contributed by atoms with Gasteiger partial charge in [0.2, 0.25) is 0 Å². The van der Waals surface area contributed by atoms with E-state index in [-0.39, 0.29) is 0 Å². The molecule has 0 aliphatic carbocycles. The van der Waals surface area contributed by atoms with Crippen LogP contribution >= 0.6 is 0 Å². The zero-order chi connectivity index (χ0) is 16.9. The van der Waals surface area contributed by atoms with Crippen molar-refractivity contribution in [3.8, 4) is 5.75 Å². The van der Waals surface area contributed by atoms with Crippen LogP contribution in [0.25, 0.3) is 0 Å². The van der Waals surface area contributed by atoms with Gasteiger partial charge in [-0.15, -0.1) is 0 Å². The molecule has 124 valence electrons. The van der Waals surface area contributed by atoms with Gasteiger partial charge in [-0.1, -0.05) is 80.0 Å². The van der Waals surface area contributed by atoms with Gasteiger partial charge in [0, 0.05) is 0 Å². The van der Waals surface area contributed by atoms with E-state index in [4.69, 9.17) is 4.74 Å². The Morgan fingerprint density at radius 1 is 0.826 bits per heavy atom. The highest BCUT2D eigenvalue weighted by atomic mass is 28.3. The molecule has 1 nitrogen and oxygen atoms in total. The molecule has 0 saturated heterocycles. The molecule has 0 aromatic heterocycles. The van der Waals surface area contributed by atoms with Crippen LogP contribution in [0, 0.1) is 13.8 Å². The summed E-state index contributed by atoms with van der Waals surface area (Å²) in [4.78, 5) is 0. The van der Waals surface area contributed by atoms with Crippen LogP contribution in [0.4, 0.5) is 0 Å². The molecule has 2 aromatic carbocycles. The van der Waals surface area contributed by atoms with Gasteiger partial charge in [0.1, 0.15) is 12.4 Å². The van der Waals surface area contributed by atoms with E-state index in [2.05, 4.69) is 77.1 Å². The maximum Gasteiger partial charge on any atom is 0.119 e. The smallest absolute Gasteiger partial charge is 0.119 e. The predicted molar refractivity (Wildman–Crippen MR) is 104 cm³/mol. The first-order valence-electron chi connectivity index (χ1n) is 8.83. The molecule has 0 bridgehead atoms. The van der Waals surface area contributed by atoms with Gasteiger partial charge in [-0.3, -0.25) is 0 Å². The molecule has 2 aromatic rings. The molecular weight excluding hydrogens is 296 g/mol. The van der Waals surface area contributed by atoms with Crippen LogP contribution in [0.5, 0.6) is 5.75 Å². The minimum Gasteiger partial charge on any atom is -0.489 e. The van der Waals surface area contributed by atoms with Crippen LogP contribution < -0.4 is 9.92 Å². The minimum absolute atomic E-state index is 0.642. The van der Waals surface area contributed by atoms with Crippen LogP contribution in [0.15, 0.2) is 42.5 Å². The van der Waals surface area contributed by atoms with Gasteiger partial charge in [0.05, 0.1) is 8.07 Å². The van der Waals surface area contributed by atoms with Crippen molar-refractivity contribution in [3.63, 3.8) is 0 Å². The molecule has 0 N–H and O–H groups in total. The Morgan fingerprint density at radius 2 is 1.52 bits per heavy atom. The van der Waals surface area contributed by atoms with E-state index in [1.807, 2.05) is 0 Å². The highest BCUT2D eigenvalue weighted by Crippen LogP contribution is 2.24. The van der Waals surface area contributed by atoms with E-state index in [1.165, 1.54) is 34.8 Å². The topological polar surface area (TPSA) is 9.23 Å². The molecule has 0 aliphatic rings. The average molecular weight is 327 g/mol. The lowest BCUT2D eigenvalue weighted by molar-refractivity contribution is 0.306. The van der Waals surface area contributed by atoms with Crippen molar-refractivity contribution in [2.75, 3.05) is 0 Å². The lowest BCUT2D eigenvalue weighted by Crippen LogP contribution is -2.45. The van der Waals surface area contributed by atoms with Gasteiger partial charge in [0.15, 0.2) is 0 Å². The predicted octanol–water partition coefficient (Wildman–Crippen LogP) is 5.60. The van der Waals surface area contributed by atoms with Gasteiger partial charge in [-0.25, -0.2) is 0 Å². The second-order valence-corrected chi connectivity index (χ2v) is 11.9. The quantitative estimate of drug-likeness (QED) is 0.602. The van der Waals surface area contributed by atoms with Crippen LogP contribution in [0.1, 0.15) is 37.5 Å². The van der Waals surface area contributed by atoms with Crippen LogP contribution in [0.3, 0.4) is 0 Å². The van der Waals surface area contributed by atoms with E-state index in [9.17, 15) is 0 Å². The van der Waals surface area contributed by atoms with E-state index in [0.717, 1.165) is 5.75 Å². The molecule has 2 heteroatoms. The lowest BCUT2D eigenvalue weighted by Gasteiger charge is -2.29. The molecule has 0 spiro atoms. The first kappa shape index (κ1) is 17.8. The second kappa shape index (κ2) is 7.83. The molecule has 0 unspecified atom stereocenters. The zero-order valence-corrected chi connectivity index (χ0v) is 16.3. The van der Waals surface area contributed by atoms with Gasteiger partial charge in [-0.05, 0) is 37.1 Å². The molecule has 2 rings (SSSR count). The van der Waals surface area contributed by atoms with E-state index < -0.39 is 8.07 Å². The summed E-state index contributed by atoms with van der Waals surface area (Å²) in [5.41, 5.74) is 3.83. The molecule has 0 heterocycles. The highest BCUT2D eigenvalue weighted by Gasteiger charge is 2.29. The van der Waals surface area contributed by atoms with E-state index in [0.29, 0.717) is 6.61 Å². The fourth-order valence-corrected chi connectivity index (χ4v) is 7.18. The van der Waals surface area contributed by atoms with Crippen LogP contribution in [-0.4, -0.2) is 8.07 Å². The zero-order valence-electron chi connectivity index (χ0n) is 15.3. The first-order valence-corrected chi connectivity index (χ1v) is 11.5. The minimum atomic E-state index is -1.35. The Hall–Kier alpha value is -1.54. The number of benzene rings is 2. The first-order chi connectivity index (χ1) is 11.0. The Kier molecular flexibility index (Phi) is 6.06. The maximum atomic E-state index is 6.12. The second-order valence-electron chi connectivity index (χ2n) is 6.65. The number of hydrogen-bond donors (Lipinski definition) is 0. The van der Waals surface area contributed by atoms with Crippen molar-refractivity contribution in [2.24, 2.45) is 0 Å². The maximum absolute atomic E-state index is 6.12. The summed E-state index contributed by atoms with van der Waals surface area (Å²) in [5, 5.41) is 1.56. The van der Waals surface area contributed by atoms with E-state index >= 15 is 0 Å². The Labute approximate surface area is 142 Å². The molecule has 0 atom stereocenters. The van der Waals surface area contributed by atoms with Crippen molar-refractivity contribution >= 4 is 13.3 Å². The van der Waals surface area contributed by atoms with Crippen molar-refractivity contribution in [1.29, 1.82) is 0 Å². The lowest BCUT2D eigenvalue weighted by atomic mass is 10.1. The van der Waals surface area contributed by atoms with E-state index in [1.54, 1.807) is 5.19 Å². The third-order valence-corrected chi connectivity index (χ3v) is 10.8. The number of aryl methyl sites for hydroxylation is 2. The van der Waals surface area contributed by atoms with Crippen molar-refractivity contribution in [1.82, 2.24) is 0 Å². The fourth-order valence-electron chi connectivity index (χ4n) is 3.47. The summed E-state index contributed by atoms with van der Waals surface area (Å²) in [7, 11) is -1.35. The summed E-state index contributed by atoms with van der Waals surface area (Å²) >= 11 is 0. The number of ether oxygens (including phenoxy) is 1. The molecular formula is C21H30OSi. The monoisotopic (exact) mass is 326 g/mol. The van der Waals surface area contributed by atoms with Gasteiger partial charge in [0.25, 0.3) is 0 Å². The number of rotatable bonds is 7. The molecule has 23 heavy (non-hydrogen) atoms. The van der Waals surface area contributed by atoms with Crippen molar-refractivity contribution in [3.05, 3.63) is 59.2 Å². The molecule has 0 saturated carbocycles. The summed E-state index contributed by atoms with van der Waals surface area (Å²) < 4.78 is 6.12. The average Bonchev–Trinajstić information content (AvgIpc) is 2.55. The third kappa shape index (κ3) is 4.26. The number of hydrogen-bond acceptors (Lipinski definition) is 1. The Bertz CT molecular complexity index is 636. The largest absolute Gasteiger partial charge is 0.489 e. The molecule has 0 radical (unpaired) electrons. The Morgan fingerprint density at radius 3 is 2.13 bits per heavy atom. The van der Waals surface area contributed by atoms with Crippen LogP contribution in [-0.2, 0) is 6.61 Å². The molecule has 0 aliphatic heterocycles. The standard InChI is InChI=1S/C21H30OSi/c1-6-23(7-2,8-3)21-14-18(5)13-20(15-21)22-16-19-11-9-10-17(4)12-19/h9-15H,6-8,16H2,1-5H3. The fraction of sp³-hybridized carbons (Fsp3) is 0.429. The molecule has 0 amide bonds. The summed E-state index contributed by atoms with van der Waals surface area (Å²) in [6.07, 6.45) is 0. The summed E-state index contributed by atoms with van der Waals surface area (Å²) in [6.45, 7) is 12.0. The summed E-state index contributed by atoms with van der Waals surface area (Å²) in [5.74, 6) is 1.02. The van der Waals surface area contributed by atoms with Gasteiger partial charge in [-0.2, -0.15) is 0 Å². The Balaban J connectivity index is 2.23. The van der Waals surface area contributed by atoms with Crippen molar-refractivity contribution in [2.45, 2.75) is 59.4 Å². The normalized spacial score (nSPS) is 11.5. The summed E-state index contributed by atoms with van der Waals surface area (Å²) in [6, 6.07) is 19.3. The SMILES string of the molecule is CC[Si](CC)(CC)c1cc(C)cc(OCc2cccc(C)c2)c1. The van der Waals surface area contributed by atoms with Crippen molar-refractivity contribution < 1.29 is 4.74 Å². The molecule has 0 fully saturated rings.